The van der Waals surface area contributed by atoms with Crippen LogP contribution in [-0.2, 0) is 14.0 Å². The van der Waals surface area contributed by atoms with E-state index < -0.39 is 13.9 Å². The quantitative estimate of drug-likeness (QED) is 0.346. The Labute approximate surface area is 221 Å². The van der Waals surface area contributed by atoms with Crippen LogP contribution in [0.3, 0.4) is 0 Å². The van der Waals surface area contributed by atoms with Crippen molar-refractivity contribution in [2.24, 2.45) is 17.3 Å². The first-order valence-electron chi connectivity index (χ1n) is 14.6. The average molecular weight is 520 g/mol. The highest BCUT2D eigenvalue weighted by atomic mass is 28.4. The van der Waals surface area contributed by atoms with Crippen LogP contribution in [0.4, 0.5) is 4.79 Å². The Morgan fingerprint density at radius 1 is 1.06 bits per heavy atom. The number of allylic oxidation sites excluding steroid dienone is 1. The normalized spacial score (nSPS) is 30.0. The molecule has 1 saturated carbocycles. The first-order chi connectivity index (χ1) is 16.6. The first-order valence-corrected chi connectivity index (χ1v) is 16.7. The van der Waals surface area contributed by atoms with Crippen LogP contribution >= 0.6 is 0 Å². The zero-order valence-electron chi connectivity index (χ0n) is 24.8. The van der Waals surface area contributed by atoms with Gasteiger partial charge in [-0.15, -0.1) is 0 Å². The molecule has 5 nitrogen and oxygen atoms in total. The lowest BCUT2D eigenvalue weighted by Gasteiger charge is -2.54. The number of rotatable bonds is 5. The van der Waals surface area contributed by atoms with E-state index in [-0.39, 0.29) is 23.5 Å². The van der Waals surface area contributed by atoms with Crippen molar-refractivity contribution in [1.82, 2.24) is 4.90 Å². The second kappa shape index (κ2) is 10.9. The highest BCUT2D eigenvalue weighted by Crippen LogP contribution is 2.59. The standard InChI is InChI=1S/C30H53NO4Si/c1-20(2)36(21(3)4,22(5)6)35-27-18-23(7)17-24-19-26(32)25-13-11-15-31(16-12-14-30(24,25)27)28(33)34-29(8,9)10/h19-23,25,27H,11-18H2,1-10H3/t23-,25+,27+,30+/m1/s1. The number of carbonyl (C=O) groups is 2. The van der Waals surface area contributed by atoms with Gasteiger partial charge in [-0.2, -0.15) is 0 Å². The summed E-state index contributed by atoms with van der Waals surface area (Å²) in [6, 6.07) is 0. The van der Waals surface area contributed by atoms with Crippen LogP contribution in [0, 0.1) is 17.3 Å². The van der Waals surface area contributed by atoms with E-state index in [0.717, 1.165) is 38.5 Å². The topological polar surface area (TPSA) is 55.8 Å². The summed E-state index contributed by atoms with van der Waals surface area (Å²) >= 11 is 0. The number of carbonyl (C=O) groups excluding carboxylic acids is 2. The van der Waals surface area contributed by atoms with E-state index in [1.807, 2.05) is 31.7 Å². The van der Waals surface area contributed by atoms with Crippen LogP contribution in [0.2, 0.25) is 16.6 Å². The molecule has 1 spiro atoms. The fraction of sp³-hybridized carbons (Fsp3) is 0.867. The molecule has 0 radical (unpaired) electrons. The van der Waals surface area contributed by atoms with Crippen LogP contribution in [-0.4, -0.2) is 49.9 Å². The Morgan fingerprint density at radius 3 is 2.19 bits per heavy atom. The van der Waals surface area contributed by atoms with Crippen LogP contribution < -0.4 is 0 Å². The first kappa shape index (κ1) is 29.4. The number of hydrogen-bond donors (Lipinski definition) is 0. The zero-order valence-corrected chi connectivity index (χ0v) is 25.8. The zero-order chi connectivity index (χ0) is 27.1. The largest absolute Gasteiger partial charge is 0.444 e. The Balaban J connectivity index is 1.98. The van der Waals surface area contributed by atoms with Crippen molar-refractivity contribution in [1.29, 1.82) is 0 Å². The molecule has 0 bridgehead atoms. The third-order valence-electron chi connectivity index (χ3n) is 9.28. The molecule has 2 fully saturated rings. The molecule has 0 unspecified atom stereocenters. The van der Waals surface area contributed by atoms with Gasteiger partial charge in [0.15, 0.2) is 5.78 Å². The molecule has 6 heteroatoms. The molecule has 206 valence electrons. The van der Waals surface area contributed by atoms with Crippen molar-refractivity contribution in [3.05, 3.63) is 11.6 Å². The predicted octanol–water partition coefficient (Wildman–Crippen LogP) is 7.90. The van der Waals surface area contributed by atoms with Crippen LogP contribution in [0.15, 0.2) is 11.6 Å². The summed E-state index contributed by atoms with van der Waals surface area (Å²) in [6.07, 6.45) is 7.29. The lowest BCUT2D eigenvalue weighted by Crippen LogP contribution is -2.57. The number of amides is 1. The maximum Gasteiger partial charge on any atom is 0.410 e. The summed E-state index contributed by atoms with van der Waals surface area (Å²) in [7, 11) is -2.13. The fourth-order valence-corrected chi connectivity index (χ4v) is 13.6. The lowest BCUT2D eigenvalue weighted by atomic mass is 9.59. The van der Waals surface area contributed by atoms with Crippen molar-refractivity contribution in [2.75, 3.05) is 13.1 Å². The Kier molecular flexibility index (Phi) is 8.92. The van der Waals surface area contributed by atoms with Crippen molar-refractivity contribution in [3.63, 3.8) is 0 Å². The fourth-order valence-electron chi connectivity index (χ4n) is 7.97. The third kappa shape index (κ3) is 5.50. The van der Waals surface area contributed by atoms with Gasteiger partial charge in [0.1, 0.15) is 5.60 Å². The van der Waals surface area contributed by atoms with Crippen molar-refractivity contribution >= 4 is 20.2 Å². The second-order valence-electron chi connectivity index (χ2n) is 13.8. The van der Waals surface area contributed by atoms with E-state index in [9.17, 15) is 9.59 Å². The lowest BCUT2D eigenvalue weighted by molar-refractivity contribution is -0.124. The third-order valence-corrected chi connectivity index (χ3v) is 15.4. The molecule has 1 aliphatic heterocycles. The van der Waals surface area contributed by atoms with Gasteiger partial charge in [-0.05, 0) is 87.9 Å². The summed E-state index contributed by atoms with van der Waals surface area (Å²) < 4.78 is 13.3. The molecular weight excluding hydrogens is 466 g/mol. The Bertz CT molecular complexity index is 821. The van der Waals surface area contributed by atoms with E-state index >= 15 is 0 Å². The minimum absolute atomic E-state index is 0.0261. The Morgan fingerprint density at radius 2 is 1.64 bits per heavy atom. The van der Waals surface area contributed by atoms with E-state index in [1.165, 1.54) is 5.57 Å². The van der Waals surface area contributed by atoms with Gasteiger partial charge in [0.25, 0.3) is 0 Å². The molecule has 0 N–H and O–H groups in total. The average Bonchev–Trinajstić information content (AvgIpc) is 3.04. The van der Waals surface area contributed by atoms with Gasteiger partial charge in [-0.25, -0.2) is 4.79 Å². The molecular formula is C30H53NO4Si. The predicted molar refractivity (Wildman–Crippen MR) is 150 cm³/mol. The summed E-state index contributed by atoms with van der Waals surface area (Å²) in [6.45, 7) is 23.5. The highest BCUT2D eigenvalue weighted by Gasteiger charge is 2.59. The van der Waals surface area contributed by atoms with Crippen LogP contribution in [0.25, 0.3) is 0 Å². The molecule has 3 rings (SSSR count). The number of hydrogen-bond acceptors (Lipinski definition) is 4. The molecule has 2 aliphatic carbocycles. The summed E-state index contributed by atoms with van der Waals surface area (Å²) in [5.41, 5.74) is 2.14. The second-order valence-corrected chi connectivity index (χ2v) is 19.3. The molecule has 1 amide bonds. The molecule has 0 aromatic carbocycles. The molecule has 0 aromatic heterocycles. The SMILES string of the molecule is CC(C)[Si](O[C@H]1C[C@H](C)CC2=CC(=O)[C@@H]3CCCN(C(=O)OC(C)(C)C)CCC[C@@]213)(C(C)C)C(C)C. The molecule has 1 heterocycles. The molecule has 3 aliphatic rings. The van der Waals surface area contributed by atoms with E-state index in [0.29, 0.717) is 41.4 Å². The van der Waals surface area contributed by atoms with Gasteiger partial charge in [-0.3, -0.25) is 4.79 Å². The minimum Gasteiger partial charge on any atom is -0.444 e. The number of ether oxygens (including phenoxy) is 1. The van der Waals surface area contributed by atoms with Gasteiger partial charge in [0.05, 0.1) is 6.10 Å². The van der Waals surface area contributed by atoms with E-state index in [4.69, 9.17) is 9.16 Å². The highest BCUT2D eigenvalue weighted by molar-refractivity contribution is 6.77. The Hall–Kier alpha value is -1.14. The molecule has 4 atom stereocenters. The summed E-state index contributed by atoms with van der Waals surface area (Å²) in [4.78, 5) is 28.3. The van der Waals surface area contributed by atoms with Gasteiger partial charge >= 0.3 is 6.09 Å². The van der Waals surface area contributed by atoms with E-state index in [1.54, 1.807) is 0 Å². The van der Waals surface area contributed by atoms with Gasteiger partial charge < -0.3 is 14.1 Å². The number of nitrogens with zero attached hydrogens (tertiary/aromatic N) is 1. The maximum atomic E-state index is 13.5. The summed E-state index contributed by atoms with van der Waals surface area (Å²) in [5, 5.41) is 0. The summed E-state index contributed by atoms with van der Waals surface area (Å²) in [5.74, 6) is 0.786. The van der Waals surface area contributed by atoms with Gasteiger partial charge in [-0.1, -0.05) is 54.0 Å². The monoisotopic (exact) mass is 519 g/mol. The minimum atomic E-state index is -2.13. The maximum absolute atomic E-state index is 13.5. The van der Waals surface area contributed by atoms with Gasteiger partial charge in [0.2, 0.25) is 8.32 Å². The number of ketones is 1. The van der Waals surface area contributed by atoms with Gasteiger partial charge in [0, 0.05) is 24.4 Å². The van der Waals surface area contributed by atoms with E-state index in [2.05, 4.69) is 48.5 Å². The smallest absolute Gasteiger partial charge is 0.410 e. The van der Waals surface area contributed by atoms with Crippen molar-refractivity contribution in [2.45, 2.75) is 136 Å². The molecule has 36 heavy (non-hydrogen) atoms. The van der Waals surface area contributed by atoms with Crippen LogP contribution in [0.1, 0.15) is 108 Å². The molecule has 1 saturated heterocycles. The van der Waals surface area contributed by atoms with Crippen LogP contribution in [0.5, 0.6) is 0 Å². The van der Waals surface area contributed by atoms with Crippen molar-refractivity contribution in [3.8, 4) is 0 Å². The molecule has 0 aromatic rings. The van der Waals surface area contributed by atoms with Crippen molar-refractivity contribution < 1.29 is 18.8 Å².